The van der Waals surface area contributed by atoms with E-state index in [1.807, 2.05) is 40.6 Å². The van der Waals surface area contributed by atoms with Crippen molar-refractivity contribution in [3.63, 3.8) is 0 Å². The Balaban J connectivity index is 1.38. The molecule has 5 heterocycles. The van der Waals surface area contributed by atoms with Crippen molar-refractivity contribution >= 4 is 29.3 Å². The van der Waals surface area contributed by atoms with E-state index in [1.54, 1.807) is 0 Å². The molecule has 2 N–H and O–H groups in total. The Morgan fingerprint density at radius 2 is 2.26 bits per heavy atom. The molecule has 1 saturated carbocycles. The second kappa shape index (κ2) is 4.99. The molecule has 0 spiro atoms. The lowest BCUT2D eigenvalue weighted by Gasteiger charge is -2.30. The number of aromatic amines is 1. The first-order valence-corrected chi connectivity index (χ1v) is 9.25. The summed E-state index contributed by atoms with van der Waals surface area (Å²) in [6.45, 7) is 2.57. The van der Waals surface area contributed by atoms with Gasteiger partial charge in [0.15, 0.2) is 5.82 Å². The van der Waals surface area contributed by atoms with E-state index in [2.05, 4.69) is 20.5 Å². The van der Waals surface area contributed by atoms with Crippen molar-refractivity contribution in [3.8, 4) is 0 Å². The Labute approximate surface area is 154 Å². The number of anilines is 3. The average molecular weight is 365 g/mol. The molecular weight excluding hydrogens is 346 g/mol. The maximum Gasteiger partial charge on any atom is 0.329 e. The molecule has 2 aliphatic heterocycles. The summed E-state index contributed by atoms with van der Waals surface area (Å²) < 4.78 is 7.34. The number of nitrogens with one attached hydrogen (secondary N) is 2. The van der Waals surface area contributed by atoms with Crippen LogP contribution < -0.4 is 10.2 Å². The number of carbonyl (C=O) groups is 1. The van der Waals surface area contributed by atoms with E-state index in [0.29, 0.717) is 30.8 Å². The number of hydrogen-bond donors (Lipinski definition) is 2. The number of esters is 1. The van der Waals surface area contributed by atoms with Gasteiger partial charge in [0.25, 0.3) is 0 Å². The highest BCUT2D eigenvalue weighted by molar-refractivity contribution is 5.84. The molecule has 2 saturated heterocycles. The first kappa shape index (κ1) is 15.0. The van der Waals surface area contributed by atoms with Crippen LogP contribution in [0.25, 0.3) is 5.65 Å². The average Bonchev–Trinajstić information content (AvgIpc) is 2.98. The summed E-state index contributed by atoms with van der Waals surface area (Å²) in [5.41, 5.74) is 1.47. The number of nitrogens with zero attached hydrogens (tertiary/aromatic N) is 5. The summed E-state index contributed by atoms with van der Waals surface area (Å²) in [6.07, 6.45) is 5.01. The fourth-order valence-corrected chi connectivity index (χ4v) is 4.11. The summed E-state index contributed by atoms with van der Waals surface area (Å²) in [5, 5.41) is 10.7. The van der Waals surface area contributed by atoms with Gasteiger partial charge < -0.3 is 15.0 Å². The quantitative estimate of drug-likeness (QED) is 0.682. The molecule has 0 radical (unpaired) electrons. The van der Waals surface area contributed by atoms with Crippen LogP contribution in [0.5, 0.6) is 0 Å². The van der Waals surface area contributed by atoms with Crippen LogP contribution in [-0.2, 0) is 9.53 Å². The molecule has 2 atom stereocenters. The van der Waals surface area contributed by atoms with Gasteiger partial charge in [0.1, 0.15) is 17.3 Å². The number of fused-ring (bicyclic) bond motifs is 3. The Kier molecular flexibility index (Phi) is 2.78. The molecule has 2 bridgehead atoms. The van der Waals surface area contributed by atoms with Crippen molar-refractivity contribution < 1.29 is 9.53 Å². The molecule has 138 valence electrons. The van der Waals surface area contributed by atoms with Crippen molar-refractivity contribution in [1.29, 1.82) is 0 Å². The van der Waals surface area contributed by atoms with E-state index in [0.717, 1.165) is 17.2 Å². The smallest absolute Gasteiger partial charge is 0.329 e. The number of hydrogen-bond acceptors (Lipinski definition) is 7. The summed E-state index contributed by atoms with van der Waals surface area (Å²) in [4.78, 5) is 23.4. The third-order valence-electron chi connectivity index (χ3n) is 5.61. The minimum absolute atomic E-state index is 0.196. The largest absolute Gasteiger partial charge is 0.456 e. The SMILES string of the molecule is C[C@@]12C[C@H](C(=O)O1)N(c1nc(Nc3cc(C4CC4)[nH]n3)n3cccc3n1)C2. The van der Waals surface area contributed by atoms with Gasteiger partial charge in [0.2, 0.25) is 11.9 Å². The molecule has 3 fully saturated rings. The van der Waals surface area contributed by atoms with Crippen molar-refractivity contribution in [2.24, 2.45) is 0 Å². The van der Waals surface area contributed by atoms with Crippen LogP contribution in [0, 0.1) is 0 Å². The summed E-state index contributed by atoms with van der Waals surface area (Å²) in [5.74, 6) is 2.29. The maximum atomic E-state index is 12.1. The van der Waals surface area contributed by atoms with Gasteiger partial charge in [-0.15, -0.1) is 0 Å². The van der Waals surface area contributed by atoms with Gasteiger partial charge >= 0.3 is 5.97 Å². The molecule has 3 aliphatic rings. The van der Waals surface area contributed by atoms with Crippen LogP contribution in [-0.4, -0.2) is 48.7 Å². The van der Waals surface area contributed by atoms with Crippen LogP contribution in [0.1, 0.15) is 37.8 Å². The monoisotopic (exact) mass is 365 g/mol. The van der Waals surface area contributed by atoms with Gasteiger partial charge in [-0.1, -0.05) is 0 Å². The number of ether oxygens (including phenoxy) is 1. The van der Waals surface area contributed by atoms with Crippen molar-refractivity contribution in [3.05, 3.63) is 30.1 Å². The fraction of sp³-hybridized carbons (Fsp3) is 0.444. The number of carbonyl (C=O) groups excluding carboxylic acids is 1. The van der Waals surface area contributed by atoms with E-state index in [1.165, 1.54) is 12.8 Å². The minimum Gasteiger partial charge on any atom is -0.456 e. The van der Waals surface area contributed by atoms with E-state index < -0.39 is 5.60 Å². The molecule has 0 aromatic carbocycles. The Morgan fingerprint density at radius 1 is 1.37 bits per heavy atom. The van der Waals surface area contributed by atoms with E-state index in [-0.39, 0.29) is 12.0 Å². The summed E-state index contributed by atoms with van der Waals surface area (Å²) in [7, 11) is 0. The highest BCUT2D eigenvalue weighted by Crippen LogP contribution is 2.41. The van der Waals surface area contributed by atoms with Crippen LogP contribution >= 0.6 is 0 Å². The van der Waals surface area contributed by atoms with Gasteiger partial charge in [-0.2, -0.15) is 15.1 Å². The molecule has 0 unspecified atom stereocenters. The highest BCUT2D eigenvalue weighted by Gasteiger charge is 2.55. The second-order valence-corrected chi connectivity index (χ2v) is 7.91. The Bertz CT molecular complexity index is 1070. The molecule has 9 nitrogen and oxygen atoms in total. The molecule has 0 amide bonds. The molecule has 9 heteroatoms. The fourth-order valence-electron chi connectivity index (χ4n) is 4.11. The zero-order valence-electron chi connectivity index (χ0n) is 14.8. The van der Waals surface area contributed by atoms with Gasteiger partial charge in [-0.05, 0) is 31.9 Å². The third-order valence-corrected chi connectivity index (χ3v) is 5.61. The zero-order valence-corrected chi connectivity index (χ0v) is 14.8. The van der Waals surface area contributed by atoms with E-state index in [9.17, 15) is 4.79 Å². The van der Waals surface area contributed by atoms with Crippen LogP contribution in [0.15, 0.2) is 24.4 Å². The topological polar surface area (TPSA) is 100 Å². The van der Waals surface area contributed by atoms with Gasteiger partial charge in [0, 0.05) is 30.3 Å². The Hall–Kier alpha value is -3.10. The molecule has 27 heavy (non-hydrogen) atoms. The summed E-state index contributed by atoms with van der Waals surface area (Å²) in [6, 6.07) is 5.56. The molecule has 3 aromatic rings. The number of H-pyrrole nitrogens is 1. The lowest BCUT2D eigenvalue weighted by atomic mass is 10.1. The first-order chi connectivity index (χ1) is 13.1. The number of rotatable bonds is 4. The van der Waals surface area contributed by atoms with Crippen molar-refractivity contribution in [1.82, 2.24) is 24.6 Å². The van der Waals surface area contributed by atoms with Gasteiger partial charge in [0.05, 0.1) is 6.54 Å². The second-order valence-electron chi connectivity index (χ2n) is 7.91. The van der Waals surface area contributed by atoms with Gasteiger partial charge in [-0.25, -0.2) is 4.79 Å². The molecular formula is C18H19N7O2. The number of aromatic nitrogens is 5. The third kappa shape index (κ3) is 2.30. The van der Waals surface area contributed by atoms with Crippen LogP contribution in [0.3, 0.4) is 0 Å². The normalized spacial score (nSPS) is 26.8. The minimum atomic E-state index is -0.450. The number of morpholine rings is 1. The van der Waals surface area contributed by atoms with E-state index in [4.69, 9.17) is 9.72 Å². The molecule has 6 rings (SSSR count). The van der Waals surface area contributed by atoms with E-state index >= 15 is 0 Å². The van der Waals surface area contributed by atoms with Crippen LogP contribution in [0.4, 0.5) is 17.7 Å². The predicted molar refractivity (Wildman–Crippen MR) is 97.1 cm³/mol. The lowest BCUT2D eigenvalue weighted by Crippen LogP contribution is -2.45. The van der Waals surface area contributed by atoms with Gasteiger partial charge in [-0.3, -0.25) is 9.50 Å². The molecule has 1 aliphatic carbocycles. The van der Waals surface area contributed by atoms with Crippen molar-refractivity contribution in [2.75, 3.05) is 16.8 Å². The summed E-state index contributed by atoms with van der Waals surface area (Å²) >= 11 is 0. The van der Waals surface area contributed by atoms with Crippen molar-refractivity contribution in [2.45, 2.75) is 43.7 Å². The predicted octanol–water partition coefficient (Wildman–Crippen LogP) is 1.97. The zero-order chi connectivity index (χ0) is 18.2. The first-order valence-electron chi connectivity index (χ1n) is 9.25. The molecule has 3 aromatic heterocycles. The standard InChI is InChI=1S/C18H19N7O2/c1-18-8-12(15(26)27-18)25(9-18)17-20-14-3-2-6-24(14)16(21-17)19-13-7-11(22-23-13)10-4-5-10/h2-3,6-7,10,12H,4-5,8-9H2,1H3,(H2,19,20,21,22,23)/t12-,18+/m1/s1. The lowest BCUT2D eigenvalue weighted by molar-refractivity contribution is -0.150. The maximum absolute atomic E-state index is 12.1. The highest BCUT2D eigenvalue weighted by atomic mass is 16.6. The Morgan fingerprint density at radius 3 is 3.04 bits per heavy atom. The van der Waals surface area contributed by atoms with Crippen LogP contribution in [0.2, 0.25) is 0 Å².